The maximum absolute atomic E-state index is 13.3. The highest BCUT2D eigenvalue weighted by Gasteiger charge is 2.25. The summed E-state index contributed by atoms with van der Waals surface area (Å²) in [5.74, 6) is -0.0809. The molecule has 4 aromatic rings. The average molecular weight is 416 g/mol. The average Bonchev–Trinajstić information content (AvgIpc) is 3.40. The van der Waals surface area contributed by atoms with Crippen LogP contribution in [0.3, 0.4) is 0 Å². The van der Waals surface area contributed by atoms with Gasteiger partial charge < -0.3 is 4.74 Å². The van der Waals surface area contributed by atoms with Crippen LogP contribution in [0.25, 0.3) is 20.8 Å². The van der Waals surface area contributed by atoms with Crippen LogP contribution in [0.15, 0.2) is 41.1 Å². The Morgan fingerprint density at radius 2 is 2.04 bits per heavy atom. The Morgan fingerprint density at radius 1 is 1.19 bits per heavy atom. The molecule has 3 aromatic heterocycles. The molecule has 0 aliphatic heterocycles. The number of fused-ring (bicyclic) bond motifs is 1. The second kappa shape index (κ2) is 7.85. The quantitative estimate of drug-likeness (QED) is 0.440. The Hall–Kier alpha value is -2.13. The number of carbonyl (C=O) groups excluding carboxylic acids is 1. The largest absolute Gasteiger partial charge is 0.383 e. The lowest BCUT2D eigenvalue weighted by molar-refractivity contribution is 0.0979. The summed E-state index contributed by atoms with van der Waals surface area (Å²) in [6.45, 7) is 2.77. The summed E-state index contributed by atoms with van der Waals surface area (Å²) >= 11 is 4.56. The van der Waals surface area contributed by atoms with Gasteiger partial charge in [-0.2, -0.15) is 11.3 Å². The number of nitrogens with zero attached hydrogens (tertiary/aromatic N) is 3. The molecule has 138 valence electrons. The smallest absolute Gasteiger partial charge is 0.272 e. The van der Waals surface area contributed by atoms with Crippen LogP contribution in [0.1, 0.15) is 15.4 Å². The Morgan fingerprint density at radius 3 is 2.78 bits per heavy atom. The van der Waals surface area contributed by atoms with Gasteiger partial charge in [-0.3, -0.25) is 9.69 Å². The number of thiophene rings is 1. The van der Waals surface area contributed by atoms with Crippen molar-refractivity contribution in [2.75, 3.05) is 25.2 Å². The minimum atomic E-state index is -0.0809. The van der Waals surface area contributed by atoms with Gasteiger partial charge in [-0.15, -0.1) is 11.3 Å². The standard InChI is InChI=1S/C19H17N3O2S3/c1-12-16(27-17(20-12)13-7-10-25-11-13)18(23)22(8-9-24-2)19-21-14-5-3-4-6-15(14)26-19/h3-7,10-11H,8-9H2,1-2H3. The molecule has 0 unspecified atom stereocenters. The fraction of sp³-hybridized carbons (Fsp3) is 0.211. The fourth-order valence-corrected chi connectivity index (χ4v) is 5.39. The summed E-state index contributed by atoms with van der Waals surface area (Å²) in [5, 5.41) is 5.61. The number of hydrogen-bond donors (Lipinski definition) is 0. The number of carbonyl (C=O) groups is 1. The van der Waals surface area contributed by atoms with Gasteiger partial charge in [0, 0.05) is 18.1 Å². The van der Waals surface area contributed by atoms with Crippen molar-refractivity contribution in [2.24, 2.45) is 0 Å². The first-order valence-corrected chi connectivity index (χ1v) is 10.9. The summed E-state index contributed by atoms with van der Waals surface area (Å²) in [6, 6.07) is 9.93. The van der Waals surface area contributed by atoms with Crippen molar-refractivity contribution >= 4 is 55.3 Å². The Labute approximate surface area is 168 Å². The molecular weight excluding hydrogens is 398 g/mol. The van der Waals surface area contributed by atoms with Gasteiger partial charge in [-0.25, -0.2) is 9.97 Å². The van der Waals surface area contributed by atoms with Gasteiger partial charge in [-0.1, -0.05) is 23.5 Å². The van der Waals surface area contributed by atoms with Crippen molar-refractivity contribution in [1.29, 1.82) is 0 Å². The molecule has 8 heteroatoms. The molecule has 0 aliphatic carbocycles. The van der Waals surface area contributed by atoms with Gasteiger partial charge in [0.15, 0.2) is 5.13 Å². The van der Waals surface area contributed by atoms with E-state index < -0.39 is 0 Å². The number of amides is 1. The van der Waals surface area contributed by atoms with E-state index in [1.807, 2.05) is 48.0 Å². The van der Waals surface area contributed by atoms with E-state index in [-0.39, 0.29) is 5.91 Å². The lowest BCUT2D eigenvalue weighted by atomic mass is 10.3. The molecule has 0 spiro atoms. The zero-order chi connectivity index (χ0) is 18.8. The van der Waals surface area contributed by atoms with Crippen molar-refractivity contribution in [3.05, 3.63) is 51.7 Å². The molecule has 0 radical (unpaired) electrons. The van der Waals surface area contributed by atoms with Crippen LogP contribution in [0, 0.1) is 6.92 Å². The van der Waals surface area contributed by atoms with E-state index in [1.54, 1.807) is 23.3 Å². The molecule has 1 aromatic carbocycles. The maximum Gasteiger partial charge on any atom is 0.272 e. The van der Waals surface area contributed by atoms with E-state index in [0.717, 1.165) is 26.5 Å². The molecular formula is C19H17N3O2S3. The molecule has 0 N–H and O–H groups in total. The predicted molar refractivity (Wildman–Crippen MR) is 113 cm³/mol. The van der Waals surface area contributed by atoms with Crippen molar-refractivity contribution in [3.8, 4) is 10.6 Å². The van der Waals surface area contributed by atoms with Crippen molar-refractivity contribution in [2.45, 2.75) is 6.92 Å². The zero-order valence-corrected chi connectivity index (χ0v) is 17.3. The highest BCUT2D eigenvalue weighted by molar-refractivity contribution is 7.22. The first-order valence-electron chi connectivity index (χ1n) is 8.33. The number of rotatable bonds is 6. The number of methoxy groups -OCH3 is 1. The van der Waals surface area contributed by atoms with E-state index in [2.05, 4.69) is 9.97 Å². The zero-order valence-electron chi connectivity index (χ0n) is 14.8. The second-order valence-electron chi connectivity index (χ2n) is 5.86. The van der Waals surface area contributed by atoms with E-state index in [9.17, 15) is 4.79 Å². The molecule has 27 heavy (non-hydrogen) atoms. The highest BCUT2D eigenvalue weighted by Crippen LogP contribution is 2.33. The van der Waals surface area contributed by atoms with Gasteiger partial charge in [-0.05, 0) is 30.5 Å². The Bertz CT molecular complexity index is 1040. The van der Waals surface area contributed by atoms with Gasteiger partial charge in [0.05, 0.1) is 29.1 Å². The monoisotopic (exact) mass is 415 g/mol. The summed E-state index contributed by atoms with van der Waals surface area (Å²) in [4.78, 5) is 24.9. The number of aromatic nitrogens is 2. The minimum Gasteiger partial charge on any atom is -0.383 e. The van der Waals surface area contributed by atoms with Gasteiger partial charge >= 0.3 is 0 Å². The Kier molecular flexibility index (Phi) is 5.31. The number of ether oxygens (including phenoxy) is 1. The number of hydrogen-bond acceptors (Lipinski definition) is 7. The van der Waals surface area contributed by atoms with Crippen molar-refractivity contribution < 1.29 is 9.53 Å². The number of anilines is 1. The number of para-hydroxylation sites is 1. The van der Waals surface area contributed by atoms with E-state index >= 15 is 0 Å². The van der Waals surface area contributed by atoms with Crippen LogP contribution in [0.4, 0.5) is 5.13 Å². The van der Waals surface area contributed by atoms with Crippen LogP contribution in [0.5, 0.6) is 0 Å². The summed E-state index contributed by atoms with van der Waals surface area (Å²) in [7, 11) is 1.63. The summed E-state index contributed by atoms with van der Waals surface area (Å²) < 4.78 is 6.28. The topological polar surface area (TPSA) is 55.3 Å². The Balaban J connectivity index is 1.71. The molecule has 0 atom stereocenters. The molecule has 3 heterocycles. The van der Waals surface area contributed by atoms with Crippen LogP contribution in [-0.2, 0) is 4.74 Å². The first-order chi connectivity index (χ1) is 13.2. The van der Waals surface area contributed by atoms with Gasteiger partial charge in [0.1, 0.15) is 9.88 Å². The van der Waals surface area contributed by atoms with Crippen LogP contribution in [0.2, 0.25) is 0 Å². The normalized spacial score (nSPS) is 11.2. The number of thiazole rings is 2. The van der Waals surface area contributed by atoms with E-state index in [1.165, 1.54) is 22.7 Å². The maximum atomic E-state index is 13.3. The lowest BCUT2D eigenvalue weighted by Crippen LogP contribution is -2.33. The van der Waals surface area contributed by atoms with Crippen LogP contribution >= 0.6 is 34.0 Å². The van der Waals surface area contributed by atoms with Crippen LogP contribution < -0.4 is 4.90 Å². The third kappa shape index (κ3) is 3.66. The van der Waals surface area contributed by atoms with Crippen LogP contribution in [-0.4, -0.2) is 36.1 Å². The molecule has 5 nitrogen and oxygen atoms in total. The second-order valence-corrected chi connectivity index (χ2v) is 8.65. The molecule has 0 aliphatic rings. The SMILES string of the molecule is COCCN(C(=O)c1sc(-c2ccsc2)nc1C)c1nc2ccccc2s1. The molecule has 0 fully saturated rings. The molecule has 0 bridgehead atoms. The van der Waals surface area contributed by atoms with Gasteiger partial charge in [0.2, 0.25) is 0 Å². The summed E-state index contributed by atoms with van der Waals surface area (Å²) in [6.07, 6.45) is 0. The molecule has 0 saturated heterocycles. The fourth-order valence-electron chi connectivity index (χ4n) is 2.67. The van der Waals surface area contributed by atoms with Crippen molar-refractivity contribution in [3.63, 3.8) is 0 Å². The minimum absolute atomic E-state index is 0.0809. The van der Waals surface area contributed by atoms with E-state index in [0.29, 0.717) is 23.2 Å². The third-order valence-electron chi connectivity index (χ3n) is 4.04. The molecule has 4 rings (SSSR count). The lowest BCUT2D eigenvalue weighted by Gasteiger charge is -2.18. The van der Waals surface area contributed by atoms with Gasteiger partial charge in [0.25, 0.3) is 5.91 Å². The highest BCUT2D eigenvalue weighted by atomic mass is 32.1. The van der Waals surface area contributed by atoms with Crippen molar-refractivity contribution in [1.82, 2.24) is 9.97 Å². The number of aryl methyl sites for hydroxylation is 1. The number of benzene rings is 1. The third-order valence-corrected chi connectivity index (χ3v) is 6.97. The van der Waals surface area contributed by atoms with E-state index in [4.69, 9.17) is 4.74 Å². The molecule has 1 amide bonds. The predicted octanol–water partition coefficient (Wildman–Crippen LogP) is 5.08. The summed E-state index contributed by atoms with van der Waals surface area (Å²) in [5.41, 5.74) is 2.69. The molecule has 0 saturated carbocycles. The first kappa shape index (κ1) is 18.2.